The van der Waals surface area contributed by atoms with Crippen LogP contribution in [0.25, 0.3) is 11.3 Å². The monoisotopic (exact) mass is 393 g/mol. The summed E-state index contributed by atoms with van der Waals surface area (Å²) < 4.78 is 30.9. The second kappa shape index (κ2) is 6.78. The van der Waals surface area contributed by atoms with E-state index < -0.39 is 10.0 Å². The zero-order valence-corrected chi connectivity index (χ0v) is 16.5. The highest BCUT2D eigenvalue weighted by atomic mass is 32.2. The number of hydrogen-bond acceptors (Lipinski definition) is 3. The molecular formula is C22H23N3O2S. The van der Waals surface area contributed by atoms with Crippen molar-refractivity contribution in [2.45, 2.75) is 50.0 Å². The largest absolute Gasteiger partial charge is 0.328 e. The molecule has 144 valence electrons. The molecule has 0 atom stereocenters. The quantitative estimate of drug-likeness (QED) is 0.723. The number of aryl methyl sites for hydroxylation is 3. The Bertz CT molecular complexity index is 1150. The van der Waals surface area contributed by atoms with Crippen LogP contribution in [-0.4, -0.2) is 18.0 Å². The van der Waals surface area contributed by atoms with Crippen molar-refractivity contribution in [1.29, 1.82) is 0 Å². The molecule has 0 saturated carbocycles. The highest BCUT2D eigenvalue weighted by molar-refractivity contribution is 7.92. The number of benzene rings is 2. The summed E-state index contributed by atoms with van der Waals surface area (Å²) in [5.41, 5.74) is 5.04. The molecule has 1 N–H and O–H groups in total. The van der Waals surface area contributed by atoms with Gasteiger partial charge in [0.1, 0.15) is 5.82 Å². The van der Waals surface area contributed by atoms with Crippen molar-refractivity contribution in [1.82, 2.24) is 9.55 Å². The van der Waals surface area contributed by atoms with Crippen molar-refractivity contribution in [3.05, 3.63) is 65.6 Å². The van der Waals surface area contributed by atoms with Crippen molar-refractivity contribution >= 4 is 15.7 Å². The molecule has 5 rings (SSSR count). The van der Waals surface area contributed by atoms with Crippen LogP contribution in [-0.2, 0) is 35.8 Å². The van der Waals surface area contributed by atoms with Gasteiger partial charge in [-0.15, -0.1) is 0 Å². The summed E-state index contributed by atoms with van der Waals surface area (Å²) in [7, 11) is -3.62. The SMILES string of the molecule is O=S(=O)(Nc1cccc(-c2cnc3n2CCC3)c1)c1ccc2c(c1)CCCC2. The van der Waals surface area contributed by atoms with E-state index in [1.54, 1.807) is 12.1 Å². The molecule has 0 saturated heterocycles. The molecule has 0 radical (unpaired) electrons. The zero-order chi connectivity index (χ0) is 19.1. The van der Waals surface area contributed by atoms with Crippen LogP contribution < -0.4 is 4.72 Å². The summed E-state index contributed by atoms with van der Waals surface area (Å²) >= 11 is 0. The van der Waals surface area contributed by atoms with Crippen LogP contribution in [0.15, 0.2) is 53.6 Å². The Labute approximate surface area is 165 Å². The summed E-state index contributed by atoms with van der Waals surface area (Å²) in [6, 6.07) is 13.1. The number of hydrogen-bond donors (Lipinski definition) is 1. The molecule has 0 amide bonds. The van der Waals surface area contributed by atoms with E-state index in [9.17, 15) is 8.42 Å². The van der Waals surface area contributed by atoms with E-state index in [0.29, 0.717) is 10.6 Å². The Balaban J connectivity index is 1.44. The lowest BCUT2D eigenvalue weighted by Gasteiger charge is -2.17. The van der Waals surface area contributed by atoms with Crippen LogP contribution in [0.3, 0.4) is 0 Å². The maximum absolute atomic E-state index is 12.9. The van der Waals surface area contributed by atoms with Crippen molar-refractivity contribution < 1.29 is 8.42 Å². The van der Waals surface area contributed by atoms with Gasteiger partial charge in [0.2, 0.25) is 0 Å². The molecule has 0 unspecified atom stereocenters. The van der Waals surface area contributed by atoms with Gasteiger partial charge in [-0.25, -0.2) is 13.4 Å². The molecule has 2 aliphatic rings. The van der Waals surface area contributed by atoms with E-state index in [0.717, 1.165) is 61.3 Å². The number of rotatable bonds is 4. The summed E-state index contributed by atoms with van der Waals surface area (Å²) in [6.45, 7) is 0.968. The highest BCUT2D eigenvalue weighted by Crippen LogP contribution is 2.29. The van der Waals surface area contributed by atoms with E-state index in [-0.39, 0.29) is 0 Å². The lowest BCUT2D eigenvalue weighted by atomic mass is 9.92. The number of nitrogens with one attached hydrogen (secondary N) is 1. The first-order valence-corrected chi connectivity index (χ1v) is 11.4. The third kappa shape index (κ3) is 3.11. The summed E-state index contributed by atoms with van der Waals surface area (Å²) in [5.74, 6) is 1.11. The molecule has 1 aliphatic carbocycles. The Kier molecular flexibility index (Phi) is 4.23. The molecule has 0 bridgehead atoms. The molecule has 2 heterocycles. The molecule has 6 heteroatoms. The Morgan fingerprint density at radius 1 is 0.929 bits per heavy atom. The maximum atomic E-state index is 12.9. The molecule has 5 nitrogen and oxygen atoms in total. The van der Waals surface area contributed by atoms with Gasteiger partial charge in [-0.2, -0.15) is 0 Å². The van der Waals surface area contributed by atoms with Crippen molar-refractivity contribution in [2.24, 2.45) is 0 Å². The van der Waals surface area contributed by atoms with Crippen LogP contribution in [0.1, 0.15) is 36.2 Å². The fourth-order valence-electron chi connectivity index (χ4n) is 4.32. The smallest absolute Gasteiger partial charge is 0.261 e. The number of imidazole rings is 1. The third-order valence-electron chi connectivity index (χ3n) is 5.76. The lowest BCUT2D eigenvalue weighted by molar-refractivity contribution is 0.600. The van der Waals surface area contributed by atoms with E-state index in [1.165, 1.54) is 12.0 Å². The summed E-state index contributed by atoms with van der Waals surface area (Å²) in [6.07, 6.45) is 8.31. The molecule has 1 aliphatic heterocycles. The van der Waals surface area contributed by atoms with Crippen LogP contribution in [0.5, 0.6) is 0 Å². The second-order valence-electron chi connectivity index (χ2n) is 7.64. The minimum atomic E-state index is -3.62. The number of aromatic nitrogens is 2. The van der Waals surface area contributed by atoms with Crippen molar-refractivity contribution in [3.8, 4) is 11.3 Å². The topological polar surface area (TPSA) is 64.0 Å². The van der Waals surface area contributed by atoms with Crippen LogP contribution in [0.4, 0.5) is 5.69 Å². The minimum Gasteiger partial charge on any atom is -0.328 e. The molecule has 2 aromatic carbocycles. The van der Waals surface area contributed by atoms with Gasteiger partial charge in [0.25, 0.3) is 10.0 Å². The number of anilines is 1. The Hall–Kier alpha value is -2.60. The van der Waals surface area contributed by atoms with E-state index in [1.807, 2.05) is 36.5 Å². The van der Waals surface area contributed by atoms with E-state index >= 15 is 0 Å². The standard InChI is InChI=1S/C22H23N3O2S/c26-28(27,20-11-10-16-5-1-2-6-17(16)14-20)24-19-8-3-7-18(13-19)21-15-23-22-9-4-12-25(21)22/h3,7-8,10-11,13-15,24H,1-2,4-6,9,12H2. The lowest BCUT2D eigenvalue weighted by Crippen LogP contribution is -2.14. The van der Waals surface area contributed by atoms with Gasteiger partial charge >= 0.3 is 0 Å². The number of nitrogens with zero attached hydrogens (tertiary/aromatic N) is 2. The third-order valence-corrected chi connectivity index (χ3v) is 7.14. The fraction of sp³-hybridized carbons (Fsp3) is 0.318. The van der Waals surface area contributed by atoms with Gasteiger partial charge in [0.15, 0.2) is 0 Å². The Morgan fingerprint density at radius 2 is 1.79 bits per heavy atom. The van der Waals surface area contributed by atoms with Crippen molar-refractivity contribution in [3.63, 3.8) is 0 Å². The predicted octanol–water partition coefficient (Wildman–Crippen LogP) is 4.18. The molecule has 3 aromatic rings. The van der Waals surface area contributed by atoms with Crippen LogP contribution >= 0.6 is 0 Å². The molecule has 28 heavy (non-hydrogen) atoms. The van der Waals surface area contributed by atoms with Crippen LogP contribution in [0, 0.1) is 0 Å². The van der Waals surface area contributed by atoms with Crippen LogP contribution in [0.2, 0.25) is 0 Å². The molecular weight excluding hydrogens is 370 g/mol. The van der Waals surface area contributed by atoms with Crippen molar-refractivity contribution in [2.75, 3.05) is 4.72 Å². The predicted molar refractivity (Wildman–Crippen MR) is 110 cm³/mol. The summed E-state index contributed by atoms with van der Waals surface area (Å²) in [5, 5.41) is 0. The van der Waals surface area contributed by atoms with E-state index in [4.69, 9.17) is 0 Å². The molecule has 0 spiro atoms. The Morgan fingerprint density at radius 3 is 2.68 bits per heavy atom. The van der Waals surface area contributed by atoms with Gasteiger partial charge in [-0.3, -0.25) is 4.72 Å². The molecule has 0 fully saturated rings. The van der Waals surface area contributed by atoms with E-state index in [2.05, 4.69) is 14.3 Å². The number of fused-ring (bicyclic) bond motifs is 2. The first-order chi connectivity index (χ1) is 13.6. The maximum Gasteiger partial charge on any atom is 0.261 e. The van der Waals surface area contributed by atoms with Gasteiger partial charge < -0.3 is 4.57 Å². The second-order valence-corrected chi connectivity index (χ2v) is 9.32. The average Bonchev–Trinajstić information content (AvgIpc) is 3.31. The van der Waals surface area contributed by atoms with Gasteiger partial charge in [0.05, 0.1) is 16.8 Å². The summed E-state index contributed by atoms with van der Waals surface area (Å²) in [4.78, 5) is 4.83. The van der Waals surface area contributed by atoms with Gasteiger partial charge in [-0.1, -0.05) is 18.2 Å². The average molecular weight is 394 g/mol. The zero-order valence-electron chi connectivity index (χ0n) is 15.7. The van der Waals surface area contributed by atoms with Gasteiger partial charge in [-0.05, 0) is 67.5 Å². The fourth-order valence-corrected chi connectivity index (χ4v) is 5.42. The molecule has 1 aromatic heterocycles. The van der Waals surface area contributed by atoms with Gasteiger partial charge in [0, 0.05) is 24.2 Å². The first kappa shape index (κ1) is 17.5. The highest BCUT2D eigenvalue weighted by Gasteiger charge is 2.20. The number of sulfonamides is 1. The minimum absolute atomic E-state index is 0.337. The normalized spacial score (nSPS) is 15.9. The first-order valence-electron chi connectivity index (χ1n) is 9.90.